The van der Waals surface area contributed by atoms with E-state index in [1.54, 1.807) is 0 Å². The Labute approximate surface area is 74.9 Å². The van der Waals surface area contributed by atoms with Gasteiger partial charge in [0.25, 0.3) is 0 Å². The molecule has 1 atom stereocenters. The highest BCUT2D eigenvalue weighted by atomic mass is 16.5. The molecule has 12 heavy (non-hydrogen) atoms. The monoisotopic (exact) mass is 170 g/mol. The van der Waals surface area contributed by atoms with Crippen LogP contribution in [0.4, 0.5) is 0 Å². The van der Waals surface area contributed by atoms with Gasteiger partial charge in [-0.2, -0.15) is 5.26 Å². The number of likely N-dealkylation sites (N-methyl/N-ethyl adjacent to an activating group) is 1. The van der Waals surface area contributed by atoms with Crippen molar-refractivity contribution in [1.82, 2.24) is 4.90 Å². The third-order valence-electron chi connectivity index (χ3n) is 1.66. The lowest BCUT2D eigenvalue weighted by molar-refractivity contribution is -0.0163. The predicted molar refractivity (Wildman–Crippen MR) is 48.8 cm³/mol. The molecule has 1 saturated heterocycles. The van der Waals surface area contributed by atoms with Crippen LogP contribution in [-0.4, -0.2) is 37.7 Å². The van der Waals surface area contributed by atoms with Gasteiger partial charge in [-0.3, -0.25) is 0 Å². The molecule has 0 radical (unpaired) electrons. The fraction of sp³-hybridized carbons (Fsp3) is 0.889. The van der Waals surface area contributed by atoms with Crippen molar-refractivity contribution in [1.29, 1.82) is 5.26 Å². The second-order valence-electron chi connectivity index (χ2n) is 2.62. The van der Waals surface area contributed by atoms with Crippen LogP contribution < -0.4 is 0 Å². The average molecular weight is 170 g/mol. The van der Waals surface area contributed by atoms with E-state index in [9.17, 15) is 0 Å². The molecule has 0 amide bonds. The maximum absolute atomic E-state index is 8.36. The molecule has 1 rings (SSSR count). The van der Waals surface area contributed by atoms with Gasteiger partial charge in [-0.05, 0) is 7.05 Å². The summed E-state index contributed by atoms with van der Waals surface area (Å²) in [6.07, 6.45) is 0.661. The Bertz CT molecular complexity index is 142. The Morgan fingerprint density at radius 1 is 1.58 bits per heavy atom. The number of ether oxygens (including phenoxy) is 1. The van der Waals surface area contributed by atoms with Gasteiger partial charge < -0.3 is 9.64 Å². The standard InChI is InChI=1S/C7H12N2O.C2H6/c1-9-4-5-10-7(6-9)2-3-8;1-2/h7H,2,4-6H2,1H3;1-2H3. The van der Waals surface area contributed by atoms with Crippen LogP contribution in [0.1, 0.15) is 20.3 Å². The van der Waals surface area contributed by atoms with E-state index < -0.39 is 0 Å². The Morgan fingerprint density at radius 3 is 2.75 bits per heavy atom. The second kappa shape index (κ2) is 7.08. The van der Waals surface area contributed by atoms with Crippen LogP contribution >= 0.6 is 0 Å². The van der Waals surface area contributed by atoms with Gasteiger partial charge in [0.1, 0.15) is 0 Å². The van der Waals surface area contributed by atoms with Crippen molar-refractivity contribution in [3.8, 4) is 6.07 Å². The van der Waals surface area contributed by atoms with Gasteiger partial charge >= 0.3 is 0 Å². The number of hydrogen-bond donors (Lipinski definition) is 0. The fourth-order valence-corrected chi connectivity index (χ4v) is 1.09. The van der Waals surface area contributed by atoms with Crippen LogP contribution in [-0.2, 0) is 4.74 Å². The molecule has 0 aromatic rings. The minimum atomic E-state index is 0.142. The van der Waals surface area contributed by atoms with Crippen LogP contribution in [0.5, 0.6) is 0 Å². The van der Waals surface area contributed by atoms with E-state index in [0.717, 1.165) is 19.7 Å². The first-order valence-electron chi connectivity index (χ1n) is 4.50. The zero-order chi connectivity index (χ0) is 9.40. The van der Waals surface area contributed by atoms with Gasteiger partial charge in [0.2, 0.25) is 0 Å². The Balaban J connectivity index is 0.000000561. The largest absolute Gasteiger partial charge is 0.374 e. The lowest BCUT2D eigenvalue weighted by atomic mass is 10.2. The Kier molecular flexibility index (Phi) is 6.73. The third-order valence-corrected chi connectivity index (χ3v) is 1.66. The van der Waals surface area contributed by atoms with Gasteiger partial charge in [0, 0.05) is 13.1 Å². The zero-order valence-electron chi connectivity index (χ0n) is 8.21. The Hall–Kier alpha value is -0.590. The molecule has 0 N–H and O–H groups in total. The summed E-state index contributed by atoms with van der Waals surface area (Å²) >= 11 is 0. The number of nitrogens with zero attached hydrogens (tertiary/aromatic N) is 2. The smallest absolute Gasteiger partial charge is 0.0832 e. The highest BCUT2D eigenvalue weighted by Gasteiger charge is 2.16. The van der Waals surface area contributed by atoms with Crippen molar-refractivity contribution < 1.29 is 4.74 Å². The van der Waals surface area contributed by atoms with Gasteiger partial charge in [0.05, 0.1) is 25.2 Å². The van der Waals surface area contributed by atoms with E-state index in [2.05, 4.69) is 11.0 Å². The maximum Gasteiger partial charge on any atom is 0.0832 e. The molecule has 70 valence electrons. The van der Waals surface area contributed by atoms with E-state index in [1.165, 1.54) is 0 Å². The molecular weight excluding hydrogens is 152 g/mol. The van der Waals surface area contributed by atoms with Gasteiger partial charge in [-0.15, -0.1) is 0 Å². The summed E-state index contributed by atoms with van der Waals surface area (Å²) in [6.45, 7) is 6.65. The molecule has 3 nitrogen and oxygen atoms in total. The molecule has 1 unspecified atom stereocenters. The van der Waals surface area contributed by atoms with Crippen molar-refractivity contribution in [3.63, 3.8) is 0 Å². The minimum Gasteiger partial charge on any atom is -0.374 e. The molecule has 0 aromatic carbocycles. The third kappa shape index (κ3) is 4.32. The molecular formula is C9H18N2O. The van der Waals surface area contributed by atoms with E-state index in [0.29, 0.717) is 6.42 Å². The van der Waals surface area contributed by atoms with E-state index in [-0.39, 0.29) is 6.10 Å². The molecule has 0 spiro atoms. The molecule has 0 saturated carbocycles. The number of morpholine rings is 1. The normalized spacial score (nSPS) is 23.7. The number of hydrogen-bond acceptors (Lipinski definition) is 3. The second-order valence-corrected chi connectivity index (χ2v) is 2.62. The van der Waals surface area contributed by atoms with Crippen LogP contribution in [0.15, 0.2) is 0 Å². The van der Waals surface area contributed by atoms with Gasteiger partial charge in [-0.1, -0.05) is 13.8 Å². The summed E-state index contributed by atoms with van der Waals surface area (Å²) in [4.78, 5) is 2.19. The fourth-order valence-electron chi connectivity index (χ4n) is 1.09. The van der Waals surface area contributed by atoms with Crippen molar-refractivity contribution in [3.05, 3.63) is 0 Å². The topological polar surface area (TPSA) is 36.3 Å². The van der Waals surface area contributed by atoms with Crippen LogP contribution in [0, 0.1) is 11.3 Å². The minimum absolute atomic E-state index is 0.142. The van der Waals surface area contributed by atoms with Gasteiger partial charge in [-0.25, -0.2) is 0 Å². The molecule has 3 heteroatoms. The van der Waals surface area contributed by atoms with E-state index >= 15 is 0 Å². The highest BCUT2D eigenvalue weighted by Crippen LogP contribution is 2.05. The summed E-state index contributed by atoms with van der Waals surface area (Å²) in [5, 5.41) is 8.36. The van der Waals surface area contributed by atoms with Crippen LogP contribution in [0.25, 0.3) is 0 Å². The highest BCUT2D eigenvalue weighted by molar-refractivity contribution is 4.80. The van der Waals surface area contributed by atoms with Crippen LogP contribution in [0.3, 0.4) is 0 Å². The maximum atomic E-state index is 8.36. The zero-order valence-corrected chi connectivity index (χ0v) is 8.21. The molecule has 1 heterocycles. The molecule has 1 aliphatic rings. The van der Waals surface area contributed by atoms with Crippen molar-refractivity contribution in [2.45, 2.75) is 26.4 Å². The molecule has 1 aliphatic heterocycles. The molecule has 1 fully saturated rings. The summed E-state index contributed by atoms with van der Waals surface area (Å²) in [6, 6.07) is 2.11. The summed E-state index contributed by atoms with van der Waals surface area (Å²) in [5.74, 6) is 0. The average Bonchev–Trinajstić information content (AvgIpc) is 2.09. The number of rotatable bonds is 1. The van der Waals surface area contributed by atoms with E-state index in [4.69, 9.17) is 10.00 Å². The summed E-state index contributed by atoms with van der Waals surface area (Å²) < 4.78 is 5.32. The van der Waals surface area contributed by atoms with Crippen molar-refractivity contribution in [2.24, 2.45) is 0 Å². The SMILES string of the molecule is CC.CN1CCOC(CC#N)C1. The summed E-state index contributed by atoms with van der Waals surface area (Å²) in [5.41, 5.74) is 0. The number of nitriles is 1. The van der Waals surface area contributed by atoms with Crippen LogP contribution in [0.2, 0.25) is 0 Å². The lowest BCUT2D eigenvalue weighted by Crippen LogP contribution is -2.39. The first-order valence-corrected chi connectivity index (χ1v) is 4.50. The summed E-state index contributed by atoms with van der Waals surface area (Å²) in [7, 11) is 2.05. The molecule has 0 aliphatic carbocycles. The van der Waals surface area contributed by atoms with Crippen molar-refractivity contribution in [2.75, 3.05) is 26.7 Å². The van der Waals surface area contributed by atoms with E-state index in [1.807, 2.05) is 20.9 Å². The first-order chi connectivity index (χ1) is 5.83. The van der Waals surface area contributed by atoms with Gasteiger partial charge in [0.15, 0.2) is 0 Å². The predicted octanol–water partition coefficient (Wildman–Crippen LogP) is 1.26. The first kappa shape index (κ1) is 11.4. The quantitative estimate of drug-likeness (QED) is 0.594. The van der Waals surface area contributed by atoms with Crippen molar-refractivity contribution >= 4 is 0 Å². The lowest BCUT2D eigenvalue weighted by Gasteiger charge is -2.28. The Morgan fingerprint density at radius 2 is 2.25 bits per heavy atom. The molecule has 0 aromatic heterocycles. The molecule has 0 bridgehead atoms.